The Kier molecular flexibility index (Phi) is 6.81. The summed E-state index contributed by atoms with van der Waals surface area (Å²) in [5.74, 6) is -8.51. The van der Waals surface area contributed by atoms with Gasteiger partial charge >= 0.3 is 6.09 Å². The van der Waals surface area contributed by atoms with Gasteiger partial charge in [-0.05, 0) is 56.0 Å². The minimum Gasteiger partial charge on any atom is -0.504 e. The number of halogens is 3. The predicted octanol–water partition coefficient (Wildman–Crippen LogP) is 4.26. The number of hydrogen-bond donors (Lipinski definition) is 1. The number of ether oxygens (including phenoxy) is 2. The molecule has 6 atom stereocenters. The number of rotatable bonds is 4. The number of carbonyl (C=O) groups is 5. The van der Waals surface area contributed by atoms with Crippen molar-refractivity contribution in [2.45, 2.75) is 35.4 Å². The van der Waals surface area contributed by atoms with Gasteiger partial charge in [-0.25, -0.2) is 14.1 Å². The predicted molar refractivity (Wildman–Crippen MR) is 150 cm³/mol. The number of phenols is 1. The summed E-state index contributed by atoms with van der Waals surface area (Å²) in [4.78, 5) is 64.6. The van der Waals surface area contributed by atoms with Gasteiger partial charge in [-0.2, -0.15) is 4.90 Å². The standard InChI is InChI=1S/C30H25Cl2FN2O8/c1-3-43-20-6-4-5-18(23(20)36)22-16-11-12-17-21(25(38)35(24(17)37)28(41)42-2)19(16)13-29(31)26(39)34(27(40)30(22,29)32)15-9-7-14(33)8-10-15/h4-11,17,19,21-22,36H,3,12-13H2,1-2H3. The Morgan fingerprint density at radius 1 is 1.05 bits per heavy atom. The zero-order valence-electron chi connectivity index (χ0n) is 22.9. The van der Waals surface area contributed by atoms with Crippen molar-refractivity contribution in [3.05, 3.63) is 65.5 Å². The third kappa shape index (κ3) is 3.80. The first-order chi connectivity index (χ1) is 20.4. The van der Waals surface area contributed by atoms with Gasteiger partial charge in [-0.1, -0.05) is 23.8 Å². The van der Waals surface area contributed by atoms with Crippen molar-refractivity contribution in [2.75, 3.05) is 18.6 Å². The first-order valence-electron chi connectivity index (χ1n) is 13.5. The topological polar surface area (TPSA) is 131 Å². The van der Waals surface area contributed by atoms with Crippen LogP contribution in [0.3, 0.4) is 0 Å². The van der Waals surface area contributed by atoms with Crippen LogP contribution < -0.4 is 9.64 Å². The van der Waals surface area contributed by atoms with Crippen molar-refractivity contribution < 1.29 is 42.9 Å². The molecule has 2 heterocycles. The molecule has 224 valence electrons. The normalized spacial score (nSPS) is 31.4. The van der Waals surface area contributed by atoms with Crippen LogP contribution in [-0.4, -0.2) is 63.2 Å². The zero-order chi connectivity index (χ0) is 31.0. The Labute approximate surface area is 254 Å². The van der Waals surface area contributed by atoms with Gasteiger partial charge < -0.3 is 14.6 Å². The number of hydrogen-bond acceptors (Lipinski definition) is 8. The first-order valence-corrected chi connectivity index (χ1v) is 14.3. The summed E-state index contributed by atoms with van der Waals surface area (Å²) in [5, 5.41) is 11.4. The molecule has 1 saturated carbocycles. The molecule has 13 heteroatoms. The largest absolute Gasteiger partial charge is 0.504 e. The van der Waals surface area contributed by atoms with Crippen LogP contribution in [0.2, 0.25) is 0 Å². The highest BCUT2D eigenvalue weighted by Gasteiger charge is 2.77. The van der Waals surface area contributed by atoms with Crippen molar-refractivity contribution in [1.82, 2.24) is 4.90 Å². The van der Waals surface area contributed by atoms with Crippen LogP contribution in [0.25, 0.3) is 0 Å². The molecule has 0 spiro atoms. The molecule has 2 aromatic rings. The number of likely N-dealkylation sites (tertiary alicyclic amines) is 1. The van der Waals surface area contributed by atoms with E-state index in [1.54, 1.807) is 19.1 Å². The number of para-hydroxylation sites is 1. The number of aromatic hydroxyl groups is 1. The third-order valence-corrected chi connectivity index (χ3v) is 10.3. The molecular formula is C30H25Cl2FN2O8. The van der Waals surface area contributed by atoms with Gasteiger partial charge in [0, 0.05) is 11.5 Å². The number of methoxy groups -OCH3 is 1. The molecule has 2 aliphatic heterocycles. The lowest BCUT2D eigenvalue weighted by Gasteiger charge is -2.50. The van der Waals surface area contributed by atoms with E-state index in [4.69, 9.17) is 27.9 Å². The minimum absolute atomic E-state index is 0.0169. The van der Waals surface area contributed by atoms with E-state index in [1.165, 1.54) is 24.3 Å². The maximum Gasteiger partial charge on any atom is 0.423 e. The van der Waals surface area contributed by atoms with E-state index in [0.29, 0.717) is 10.5 Å². The Bertz CT molecular complexity index is 1630. The lowest BCUT2D eigenvalue weighted by atomic mass is 9.56. The number of amides is 5. The molecule has 0 aromatic heterocycles. The number of carbonyl (C=O) groups excluding carboxylic acids is 5. The smallest absolute Gasteiger partial charge is 0.423 e. The van der Waals surface area contributed by atoms with Crippen molar-refractivity contribution in [2.24, 2.45) is 17.8 Å². The lowest BCUT2D eigenvalue weighted by molar-refractivity contribution is -0.138. The monoisotopic (exact) mass is 630 g/mol. The second-order valence-electron chi connectivity index (χ2n) is 10.9. The van der Waals surface area contributed by atoms with Crippen molar-refractivity contribution in [1.29, 1.82) is 0 Å². The van der Waals surface area contributed by atoms with Gasteiger partial charge in [-0.3, -0.25) is 19.2 Å². The fourth-order valence-electron chi connectivity index (χ4n) is 7.06. The van der Waals surface area contributed by atoms with E-state index in [-0.39, 0.29) is 42.2 Å². The van der Waals surface area contributed by atoms with Crippen molar-refractivity contribution in [3.63, 3.8) is 0 Å². The number of nitrogens with zero attached hydrogens (tertiary/aromatic N) is 2. The summed E-state index contributed by atoms with van der Waals surface area (Å²) in [6, 6.07) is 9.23. The second kappa shape index (κ2) is 10.1. The van der Waals surface area contributed by atoms with E-state index >= 15 is 0 Å². The fourth-order valence-corrected chi connectivity index (χ4v) is 7.99. The molecule has 5 amide bonds. The third-order valence-electron chi connectivity index (χ3n) is 8.89. The maximum atomic E-state index is 14.3. The molecule has 2 saturated heterocycles. The highest BCUT2D eigenvalue weighted by molar-refractivity contribution is 6.58. The summed E-state index contributed by atoms with van der Waals surface area (Å²) in [6.07, 6.45) is 0.197. The van der Waals surface area contributed by atoms with Crippen LogP contribution in [0.4, 0.5) is 14.9 Å². The van der Waals surface area contributed by atoms with Crippen molar-refractivity contribution in [3.8, 4) is 11.5 Å². The number of phenolic OH excluding ortho intramolecular Hbond substituents is 1. The van der Waals surface area contributed by atoms with Gasteiger partial charge in [0.1, 0.15) is 5.82 Å². The van der Waals surface area contributed by atoms with Crippen LogP contribution in [0.1, 0.15) is 31.2 Å². The van der Waals surface area contributed by atoms with E-state index < -0.39 is 69.0 Å². The number of anilines is 1. The Morgan fingerprint density at radius 2 is 1.74 bits per heavy atom. The summed E-state index contributed by atoms with van der Waals surface area (Å²) in [7, 11) is 1.04. The average Bonchev–Trinajstić information content (AvgIpc) is 3.32. The van der Waals surface area contributed by atoms with Gasteiger partial charge in [0.15, 0.2) is 21.2 Å². The van der Waals surface area contributed by atoms with Gasteiger partial charge in [0.25, 0.3) is 11.8 Å². The summed E-state index contributed by atoms with van der Waals surface area (Å²) in [6.45, 7) is 1.92. The molecule has 10 nitrogen and oxygen atoms in total. The van der Waals surface area contributed by atoms with Crippen LogP contribution in [0.15, 0.2) is 54.1 Å². The Balaban J connectivity index is 1.57. The number of imide groups is 4. The van der Waals surface area contributed by atoms with Crippen molar-refractivity contribution >= 4 is 58.6 Å². The molecule has 1 N–H and O–H groups in total. The van der Waals surface area contributed by atoms with E-state index in [1.807, 2.05) is 0 Å². The number of alkyl halides is 2. The van der Waals surface area contributed by atoms with E-state index in [9.17, 15) is 33.5 Å². The number of fused-ring (bicyclic) bond motifs is 4. The highest BCUT2D eigenvalue weighted by Crippen LogP contribution is 2.66. The van der Waals surface area contributed by atoms with E-state index in [0.717, 1.165) is 24.1 Å². The molecule has 2 aliphatic carbocycles. The molecule has 2 aromatic carbocycles. The van der Waals surface area contributed by atoms with E-state index in [2.05, 4.69) is 4.74 Å². The van der Waals surface area contributed by atoms with Gasteiger partial charge in [-0.15, -0.1) is 23.2 Å². The molecule has 6 unspecified atom stereocenters. The van der Waals surface area contributed by atoms with Crippen LogP contribution >= 0.6 is 23.2 Å². The van der Waals surface area contributed by atoms with Gasteiger partial charge in [0.05, 0.1) is 31.2 Å². The molecule has 6 rings (SSSR count). The number of benzene rings is 2. The van der Waals surface area contributed by atoms with Crippen LogP contribution in [-0.2, 0) is 23.9 Å². The zero-order valence-corrected chi connectivity index (χ0v) is 24.4. The Morgan fingerprint density at radius 3 is 2.40 bits per heavy atom. The molecular weight excluding hydrogens is 606 g/mol. The SMILES string of the molecule is CCOc1cccc(C2C3=CCC4C(=O)N(C(=O)OC)C(=O)C4C3CC3(Cl)C(=O)N(c4ccc(F)cc4)C(=O)C23Cl)c1O. The van der Waals surface area contributed by atoms with Crippen LogP contribution in [0.5, 0.6) is 11.5 Å². The summed E-state index contributed by atoms with van der Waals surface area (Å²) in [5.41, 5.74) is 0.547. The van der Waals surface area contributed by atoms with Gasteiger partial charge in [0.2, 0.25) is 11.8 Å². The second-order valence-corrected chi connectivity index (χ2v) is 12.1. The lowest BCUT2D eigenvalue weighted by Crippen LogP contribution is -2.60. The average molecular weight is 631 g/mol. The number of allylic oxidation sites excluding steroid dienone is 2. The summed E-state index contributed by atoms with van der Waals surface area (Å²) >= 11 is 14.5. The molecule has 0 bridgehead atoms. The quantitative estimate of drug-likeness (QED) is 0.301. The molecule has 0 radical (unpaired) electrons. The molecule has 4 aliphatic rings. The first kappa shape index (κ1) is 29.1. The fraction of sp³-hybridized carbons (Fsp3) is 0.367. The summed E-state index contributed by atoms with van der Waals surface area (Å²) < 4.78 is 24.0. The minimum atomic E-state index is -2.23. The maximum absolute atomic E-state index is 14.3. The Hall–Kier alpha value is -3.96. The highest BCUT2D eigenvalue weighted by atomic mass is 35.5. The molecule has 3 fully saturated rings. The van der Waals surface area contributed by atoms with Crippen LogP contribution in [0, 0.1) is 23.6 Å². The molecule has 43 heavy (non-hydrogen) atoms.